The number of ether oxygens (including phenoxy) is 1. The highest BCUT2D eigenvalue weighted by atomic mass is 19.1. The van der Waals surface area contributed by atoms with Crippen molar-refractivity contribution >= 4 is 11.8 Å². The van der Waals surface area contributed by atoms with Gasteiger partial charge in [-0.2, -0.15) is 0 Å². The van der Waals surface area contributed by atoms with Gasteiger partial charge in [0.1, 0.15) is 5.82 Å². The van der Waals surface area contributed by atoms with Gasteiger partial charge in [-0.1, -0.05) is 0 Å². The number of hydrogen-bond acceptors (Lipinski definition) is 4. The van der Waals surface area contributed by atoms with E-state index in [0.29, 0.717) is 11.1 Å². The fourth-order valence-electron chi connectivity index (χ4n) is 3.05. The minimum atomic E-state index is -0.976. The highest BCUT2D eigenvalue weighted by Crippen LogP contribution is 2.34. The number of carboxylic acids is 1. The number of aromatic nitrogens is 1. The van der Waals surface area contributed by atoms with E-state index in [1.54, 1.807) is 18.3 Å². The van der Waals surface area contributed by atoms with Crippen molar-refractivity contribution < 1.29 is 23.4 Å². The molecule has 1 fully saturated rings. The molecule has 1 saturated heterocycles. The van der Waals surface area contributed by atoms with Gasteiger partial charge in [-0.05, 0) is 49.1 Å². The predicted molar refractivity (Wildman–Crippen MR) is 93.4 cm³/mol. The molecule has 3 rings (SSSR count). The monoisotopic (exact) mass is 362 g/mol. The van der Waals surface area contributed by atoms with Crippen LogP contribution in [0.25, 0.3) is 11.1 Å². The lowest BCUT2D eigenvalue weighted by Gasteiger charge is -2.20. The van der Waals surface area contributed by atoms with E-state index < -0.39 is 23.4 Å². The van der Waals surface area contributed by atoms with E-state index in [2.05, 4.69) is 9.88 Å². The van der Waals surface area contributed by atoms with Crippen molar-refractivity contribution in [2.45, 2.75) is 25.7 Å². The second-order valence-corrected chi connectivity index (χ2v) is 6.18. The van der Waals surface area contributed by atoms with Crippen LogP contribution in [0.3, 0.4) is 0 Å². The summed E-state index contributed by atoms with van der Waals surface area (Å²) in [7, 11) is 0. The molecule has 1 aromatic heterocycles. The van der Waals surface area contributed by atoms with Gasteiger partial charge in [-0.3, -0.25) is 4.79 Å². The molecule has 0 saturated carbocycles. The molecule has 0 aliphatic carbocycles. The van der Waals surface area contributed by atoms with Gasteiger partial charge in [-0.25, -0.2) is 13.8 Å². The van der Waals surface area contributed by atoms with Crippen LogP contribution >= 0.6 is 0 Å². The molecular weight excluding hydrogens is 342 g/mol. The molecule has 26 heavy (non-hydrogen) atoms. The van der Waals surface area contributed by atoms with Crippen molar-refractivity contribution in [2.24, 2.45) is 0 Å². The van der Waals surface area contributed by atoms with Gasteiger partial charge >= 0.3 is 5.97 Å². The lowest BCUT2D eigenvalue weighted by Crippen LogP contribution is -2.19. The molecule has 0 atom stereocenters. The Morgan fingerprint density at radius 2 is 1.92 bits per heavy atom. The van der Waals surface area contributed by atoms with Crippen LogP contribution in [0.15, 0.2) is 30.5 Å². The molecule has 2 aromatic rings. The van der Waals surface area contributed by atoms with Crippen molar-refractivity contribution in [3.8, 4) is 16.9 Å². The molecule has 138 valence electrons. The van der Waals surface area contributed by atoms with Gasteiger partial charge in [0.05, 0.1) is 6.61 Å². The Hall–Kier alpha value is -2.70. The van der Waals surface area contributed by atoms with Gasteiger partial charge in [0.2, 0.25) is 0 Å². The Kier molecular flexibility index (Phi) is 5.65. The molecule has 2 heterocycles. The number of nitrogens with zero attached hydrogens (tertiary/aromatic N) is 2. The fourth-order valence-corrected chi connectivity index (χ4v) is 3.05. The van der Waals surface area contributed by atoms with E-state index >= 15 is 0 Å². The third-order valence-corrected chi connectivity index (χ3v) is 4.28. The van der Waals surface area contributed by atoms with Crippen LogP contribution in [0.5, 0.6) is 5.75 Å². The summed E-state index contributed by atoms with van der Waals surface area (Å²) >= 11 is 0. The number of carbonyl (C=O) groups is 1. The van der Waals surface area contributed by atoms with Crippen molar-refractivity contribution in [2.75, 3.05) is 24.6 Å². The van der Waals surface area contributed by atoms with Crippen LogP contribution in [-0.4, -0.2) is 35.8 Å². The summed E-state index contributed by atoms with van der Waals surface area (Å²) in [5.74, 6) is -2.36. The Balaban J connectivity index is 1.83. The number of carboxylic acid groups (broad SMARTS) is 1. The molecule has 0 amide bonds. The number of anilines is 1. The summed E-state index contributed by atoms with van der Waals surface area (Å²) in [5, 5.41) is 8.58. The van der Waals surface area contributed by atoms with Crippen LogP contribution in [-0.2, 0) is 4.79 Å². The molecule has 1 aromatic carbocycles. The van der Waals surface area contributed by atoms with Gasteiger partial charge in [0, 0.05) is 31.3 Å². The molecular formula is C19H20F2N2O3. The van der Waals surface area contributed by atoms with E-state index in [-0.39, 0.29) is 19.4 Å². The zero-order valence-corrected chi connectivity index (χ0v) is 14.3. The average molecular weight is 362 g/mol. The molecule has 0 unspecified atom stereocenters. The topological polar surface area (TPSA) is 62.7 Å². The molecule has 1 aliphatic heterocycles. The summed E-state index contributed by atoms with van der Waals surface area (Å²) in [4.78, 5) is 17.0. The van der Waals surface area contributed by atoms with Crippen molar-refractivity contribution in [1.82, 2.24) is 4.98 Å². The van der Waals surface area contributed by atoms with E-state index in [9.17, 15) is 13.6 Å². The van der Waals surface area contributed by atoms with Crippen molar-refractivity contribution in [3.05, 3.63) is 42.1 Å². The van der Waals surface area contributed by atoms with Gasteiger partial charge in [0.15, 0.2) is 17.4 Å². The number of aliphatic carboxylic acids is 1. The average Bonchev–Trinajstić information content (AvgIpc) is 3.14. The maximum atomic E-state index is 14.4. The lowest BCUT2D eigenvalue weighted by molar-refractivity contribution is -0.137. The van der Waals surface area contributed by atoms with E-state index in [4.69, 9.17) is 9.84 Å². The first-order chi connectivity index (χ1) is 12.6. The van der Waals surface area contributed by atoms with Crippen molar-refractivity contribution in [3.63, 3.8) is 0 Å². The van der Waals surface area contributed by atoms with Crippen LogP contribution < -0.4 is 9.64 Å². The van der Waals surface area contributed by atoms with Crippen LogP contribution in [0.4, 0.5) is 14.6 Å². The van der Waals surface area contributed by atoms with Crippen LogP contribution in [0, 0.1) is 11.6 Å². The van der Waals surface area contributed by atoms with Crippen LogP contribution in [0.1, 0.15) is 25.7 Å². The molecule has 0 radical (unpaired) electrons. The molecule has 1 aliphatic rings. The summed E-state index contributed by atoms with van der Waals surface area (Å²) in [6.45, 7) is 1.69. The highest BCUT2D eigenvalue weighted by molar-refractivity contribution is 5.76. The number of pyridine rings is 1. The highest BCUT2D eigenvalue weighted by Gasteiger charge is 2.20. The molecule has 0 bridgehead atoms. The fraction of sp³-hybridized carbons (Fsp3) is 0.368. The molecule has 7 heteroatoms. The third kappa shape index (κ3) is 4.09. The van der Waals surface area contributed by atoms with E-state index in [1.807, 2.05) is 0 Å². The minimum Gasteiger partial charge on any atom is -0.488 e. The molecule has 0 spiro atoms. The number of rotatable bonds is 7. The van der Waals surface area contributed by atoms with E-state index in [1.165, 1.54) is 12.1 Å². The maximum Gasteiger partial charge on any atom is 0.303 e. The first-order valence-electron chi connectivity index (χ1n) is 8.60. The molecule has 5 nitrogen and oxygen atoms in total. The molecule has 1 N–H and O–H groups in total. The zero-order valence-electron chi connectivity index (χ0n) is 14.3. The second-order valence-electron chi connectivity index (χ2n) is 6.18. The third-order valence-electron chi connectivity index (χ3n) is 4.28. The summed E-state index contributed by atoms with van der Waals surface area (Å²) in [6.07, 6.45) is 3.88. The second kappa shape index (κ2) is 8.12. The Labute approximate surface area is 150 Å². The number of benzene rings is 1. The van der Waals surface area contributed by atoms with E-state index in [0.717, 1.165) is 31.7 Å². The Bertz CT molecular complexity index is 769. The number of halogens is 2. The Morgan fingerprint density at radius 3 is 2.58 bits per heavy atom. The minimum absolute atomic E-state index is 0.0641. The van der Waals surface area contributed by atoms with Gasteiger partial charge in [-0.15, -0.1) is 0 Å². The summed E-state index contributed by atoms with van der Waals surface area (Å²) in [6, 6.07) is 5.99. The smallest absolute Gasteiger partial charge is 0.303 e. The predicted octanol–water partition coefficient (Wildman–Crippen LogP) is 3.87. The summed E-state index contributed by atoms with van der Waals surface area (Å²) in [5.41, 5.74) is 1.07. The number of hydrogen-bond donors (Lipinski definition) is 1. The normalized spacial score (nSPS) is 13.8. The van der Waals surface area contributed by atoms with Gasteiger partial charge in [0.25, 0.3) is 0 Å². The first-order valence-corrected chi connectivity index (χ1v) is 8.60. The Morgan fingerprint density at radius 1 is 1.23 bits per heavy atom. The zero-order chi connectivity index (χ0) is 18.5. The largest absolute Gasteiger partial charge is 0.488 e. The first kappa shape index (κ1) is 18.1. The van der Waals surface area contributed by atoms with Gasteiger partial charge < -0.3 is 14.7 Å². The maximum absolute atomic E-state index is 14.4. The van der Waals surface area contributed by atoms with Crippen LogP contribution in [0.2, 0.25) is 0 Å². The standard InChI is InChI=1S/C19H20F2N2O3/c20-15-11-13(12-16(21)18(15)26-10-4-6-17(24)25)14-5-3-7-22-19(14)23-8-1-2-9-23/h3,5,7,11-12H,1-2,4,6,8-10H2,(H,24,25). The lowest BCUT2D eigenvalue weighted by atomic mass is 10.1. The quantitative estimate of drug-likeness (QED) is 0.758. The summed E-state index contributed by atoms with van der Waals surface area (Å²) < 4.78 is 33.9. The van der Waals surface area contributed by atoms with Crippen molar-refractivity contribution in [1.29, 1.82) is 0 Å². The SMILES string of the molecule is O=C(O)CCCOc1c(F)cc(-c2cccnc2N2CCCC2)cc1F.